The van der Waals surface area contributed by atoms with Gasteiger partial charge < -0.3 is 9.47 Å². The van der Waals surface area contributed by atoms with E-state index in [0.717, 1.165) is 31.8 Å². The molecule has 2 rings (SSSR count). The molecule has 1 heterocycles. The van der Waals surface area contributed by atoms with E-state index in [1.54, 1.807) is 6.33 Å². The average Bonchev–Trinajstić information content (AvgIpc) is 2.96. The summed E-state index contributed by atoms with van der Waals surface area (Å²) in [4.78, 5) is 16.8. The Morgan fingerprint density at radius 3 is 3.00 bits per heavy atom. The van der Waals surface area contributed by atoms with Crippen LogP contribution in [-0.4, -0.2) is 34.0 Å². The number of aryl methyl sites for hydroxylation is 1. The molecule has 0 spiro atoms. The highest BCUT2D eigenvalue weighted by molar-refractivity contribution is 5.47. The summed E-state index contributed by atoms with van der Waals surface area (Å²) >= 11 is 0. The summed E-state index contributed by atoms with van der Waals surface area (Å²) in [7, 11) is 1.98. The first-order chi connectivity index (χ1) is 7.29. The number of carbonyl (C=O) groups excluding carboxylic acids is 1. The molecule has 0 aromatic carbocycles. The molecule has 0 radical (unpaired) electrons. The van der Waals surface area contributed by atoms with Gasteiger partial charge in [0.15, 0.2) is 0 Å². The molecule has 0 N–H and O–H groups in total. The first-order valence-corrected chi connectivity index (χ1v) is 5.44. The topological polar surface area (TPSA) is 38.1 Å². The van der Waals surface area contributed by atoms with Gasteiger partial charge in [0.05, 0.1) is 6.33 Å². The van der Waals surface area contributed by atoms with Crippen LogP contribution < -0.4 is 0 Å². The van der Waals surface area contributed by atoms with Gasteiger partial charge in [0.25, 0.3) is 0 Å². The van der Waals surface area contributed by atoms with Gasteiger partial charge >= 0.3 is 0 Å². The predicted octanol–water partition coefficient (Wildman–Crippen LogP) is 0.831. The highest BCUT2D eigenvalue weighted by Gasteiger charge is 2.23. The van der Waals surface area contributed by atoms with E-state index >= 15 is 0 Å². The summed E-state index contributed by atoms with van der Waals surface area (Å²) in [6.07, 6.45) is 8.09. The highest BCUT2D eigenvalue weighted by Crippen LogP contribution is 2.29. The summed E-state index contributed by atoms with van der Waals surface area (Å²) in [6, 6.07) is 0. The molecule has 0 unspecified atom stereocenters. The van der Waals surface area contributed by atoms with Crippen LogP contribution >= 0.6 is 0 Å². The highest BCUT2D eigenvalue weighted by atomic mass is 16.1. The van der Waals surface area contributed by atoms with Crippen LogP contribution in [0.2, 0.25) is 0 Å². The number of hydrogen-bond donors (Lipinski definition) is 0. The first-order valence-electron chi connectivity index (χ1n) is 5.44. The SMILES string of the molecule is Cn1cncc1CCN(C=O)CC1CC1. The van der Waals surface area contributed by atoms with Crippen molar-refractivity contribution < 1.29 is 4.79 Å². The third-order valence-electron chi connectivity index (χ3n) is 2.91. The van der Waals surface area contributed by atoms with E-state index in [9.17, 15) is 4.79 Å². The van der Waals surface area contributed by atoms with Crippen LogP contribution in [0.25, 0.3) is 0 Å². The van der Waals surface area contributed by atoms with Crippen molar-refractivity contribution >= 4 is 6.41 Å². The number of amides is 1. The van der Waals surface area contributed by atoms with Crippen molar-refractivity contribution in [3.05, 3.63) is 18.2 Å². The van der Waals surface area contributed by atoms with E-state index < -0.39 is 0 Å². The van der Waals surface area contributed by atoms with Gasteiger partial charge in [-0.25, -0.2) is 4.98 Å². The van der Waals surface area contributed by atoms with E-state index in [1.165, 1.54) is 18.5 Å². The molecule has 4 heteroatoms. The summed E-state index contributed by atoms with van der Waals surface area (Å²) in [5.41, 5.74) is 1.18. The van der Waals surface area contributed by atoms with E-state index in [0.29, 0.717) is 0 Å². The fourth-order valence-electron chi connectivity index (χ4n) is 1.70. The van der Waals surface area contributed by atoms with Crippen LogP contribution in [0.15, 0.2) is 12.5 Å². The zero-order valence-electron chi connectivity index (χ0n) is 9.09. The minimum atomic E-state index is 0.765. The van der Waals surface area contributed by atoms with Crippen molar-refractivity contribution in [1.82, 2.24) is 14.5 Å². The number of carbonyl (C=O) groups is 1. The fraction of sp³-hybridized carbons (Fsp3) is 0.636. The molecule has 1 saturated carbocycles. The molecule has 1 fully saturated rings. The fourth-order valence-corrected chi connectivity index (χ4v) is 1.70. The maximum absolute atomic E-state index is 10.8. The Kier molecular flexibility index (Phi) is 3.04. The lowest BCUT2D eigenvalue weighted by Gasteiger charge is -2.16. The summed E-state index contributed by atoms with van der Waals surface area (Å²) in [5, 5.41) is 0. The lowest BCUT2D eigenvalue weighted by Crippen LogP contribution is -2.27. The number of aromatic nitrogens is 2. The lowest BCUT2D eigenvalue weighted by molar-refractivity contribution is -0.118. The number of nitrogens with zero attached hydrogens (tertiary/aromatic N) is 3. The standard InChI is InChI=1S/C11H17N3O/c1-13-8-12-6-11(13)4-5-14(9-15)7-10-2-3-10/h6,8-10H,2-5,7H2,1H3. The molecule has 82 valence electrons. The minimum Gasteiger partial charge on any atom is -0.345 e. The summed E-state index contributed by atoms with van der Waals surface area (Å²) in [6.45, 7) is 1.74. The van der Waals surface area contributed by atoms with E-state index in [2.05, 4.69) is 4.98 Å². The van der Waals surface area contributed by atoms with Gasteiger partial charge in [-0.1, -0.05) is 0 Å². The van der Waals surface area contributed by atoms with Crippen LogP contribution in [-0.2, 0) is 18.3 Å². The third kappa shape index (κ3) is 2.81. The molecule has 0 aliphatic heterocycles. The van der Waals surface area contributed by atoms with Crippen molar-refractivity contribution in [3.63, 3.8) is 0 Å². The van der Waals surface area contributed by atoms with Gasteiger partial charge in [0.1, 0.15) is 0 Å². The summed E-state index contributed by atoms with van der Waals surface area (Å²) < 4.78 is 2.00. The van der Waals surface area contributed by atoms with Gasteiger partial charge in [-0.3, -0.25) is 4.79 Å². The van der Waals surface area contributed by atoms with Gasteiger partial charge in [-0.15, -0.1) is 0 Å². The molecule has 1 aliphatic carbocycles. The zero-order chi connectivity index (χ0) is 10.7. The van der Waals surface area contributed by atoms with Crippen LogP contribution in [0.3, 0.4) is 0 Å². The Morgan fingerprint density at radius 2 is 2.47 bits per heavy atom. The molecule has 0 bridgehead atoms. The molecule has 1 aliphatic rings. The number of rotatable bonds is 6. The predicted molar refractivity (Wildman–Crippen MR) is 57.3 cm³/mol. The average molecular weight is 207 g/mol. The van der Waals surface area contributed by atoms with Crippen molar-refractivity contribution in [2.24, 2.45) is 13.0 Å². The second-order valence-corrected chi connectivity index (χ2v) is 4.29. The van der Waals surface area contributed by atoms with Crippen molar-refractivity contribution in [2.75, 3.05) is 13.1 Å². The molecular formula is C11H17N3O. The molecule has 4 nitrogen and oxygen atoms in total. The molecule has 0 saturated heterocycles. The van der Waals surface area contributed by atoms with Crippen LogP contribution in [0.1, 0.15) is 18.5 Å². The number of imidazole rings is 1. The Balaban J connectivity index is 1.79. The maximum atomic E-state index is 10.8. The van der Waals surface area contributed by atoms with Crippen molar-refractivity contribution in [2.45, 2.75) is 19.3 Å². The lowest BCUT2D eigenvalue weighted by atomic mass is 10.3. The Labute approximate surface area is 89.9 Å². The van der Waals surface area contributed by atoms with E-state index in [-0.39, 0.29) is 0 Å². The monoisotopic (exact) mass is 207 g/mol. The third-order valence-corrected chi connectivity index (χ3v) is 2.91. The van der Waals surface area contributed by atoms with Gasteiger partial charge in [0, 0.05) is 38.4 Å². The smallest absolute Gasteiger partial charge is 0.209 e. The second kappa shape index (κ2) is 4.47. The zero-order valence-corrected chi connectivity index (χ0v) is 9.09. The quantitative estimate of drug-likeness (QED) is 0.648. The normalized spacial score (nSPS) is 15.3. The minimum absolute atomic E-state index is 0.765. The molecule has 1 aromatic rings. The van der Waals surface area contributed by atoms with Crippen LogP contribution in [0, 0.1) is 5.92 Å². The maximum Gasteiger partial charge on any atom is 0.209 e. The molecule has 1 aromatic heterocycles. The van der Waals surface area contributed by atoms with Gasteiger partial charge in [-0.05, 0) is 18.8 Å². The first kappa shape index (κ1) is 10.2. The largest absolute Gasteiger partial charge is 0.345 e. The molecule has 0 atom stereocenters. The molecule has 1 amide bonds. The van der Waals surface area contributed by atoms with Gasteiger partial charge in [0.2, 0.25) is 6.41 Å². The van der Waals surface area contributed by atoms with E-state index in [1.807, 2.05) is 22.7 Å². The van der Waals surface area contributed by atoms with Crippen molar-refractivity contribution in [3.8, 4) is 0 Å². The van der Waals surface area contributed by atoms with Crippen LogP contribution in [0.4, 0.5) is 0 Å². The number of hydrogen-bond acceptors (Lipinski definition) is 2. The summed E-state index contributed by atoms with van der Waals surface area (Å²) in [5.74, 6) is 0.765. The molecule has 15 heavy (non-hydrogen) atoms. The van der Waals surface area contributed by atoms with E-state index in [4.69, 9.17) is 0 Å². The molecular weight excluding hydrogens is 190 g/mol. The Bertz CT molecular complexity index is 330. The second-order valence-electron chi connectivity index (χ2n) is 4.29. The van der Waals surface area contributed by atoms with Crippen LogP contribution in [0.5, 0.6) is 0 Å². The van der Waals surface area contributed by atoms with Crippen molar-refractivity contribution in [1.29, 1.82) is 0 Å². The Morgan fingerprint density at radius 1 is 1.67 bits per heavy atom. The van der Waals surface area contributed by atoms with Gasteiger partial charge in [-0.2, -0.15) is 0 Å². The Hall–Kier alpha value is -1.32.